The van der Waals surface area contributed by atoms with Crippen molar-refractivity contribution in [2.45, 2.75) is 20.0 Å². The van der Waals surface area contributed by atoms with Crippen LogP contribution in [0.4, 0.5) is 0 Å². The number of hydrogen-bond acceptors (Lipinski definition) is 5. The minimum absolute atomic E-state index is 0.142. The molecule has 1 aliphatic heterocycles. The van der Waals surface area contributed by atoms with Gasteiger partial charge in [0.1, 0.15) is 19.3 Å². The Hall–Kier alpha value is -2.14. The minimum atomic E-state index is -0.366. The summed E-state index contributed by atoms with van der Waals surface area (Å²) in [5.41, 5.74) is 0.845. The first-order valence-corrected chi connectivity index (χ1v) is 6.26. The highest BCUT2D eigenvalue weighted by Gasteiger charge is 2.24. The Morgan fingerprint density at radius 1 is 1.14 bits per heavy atom. The average Bonchev–Trinajstić information content (AvgIpc) is 3.28. The van der Waals surface area contributed by atoms with Crippen LogP contribution in [-0.4, -0.2) is 37.9 Å². The van der Waals surface area contributed by atoms with Crippen molar-refractivity contribution in [3.05, 3.63) is 50.1 Å². The van der Waals surface area contributed by atoms with E-state index in [-0.39, 0.29) is 24.6 Å². The lowest BCUT2D eigenvalue weighted by molar-refractivity contribution is -0.139. The van der Waals surface area contributed by atoms with Gasteiger partial charge < -0.3 is 14.2 Å². The zero-order valence-electron chi connectivity index (χ0n) is 12.9. The molecule has 5 nitrogen and oxygen atoms in total. The summed E-state index contributed by atoms with van der Waals surface area (Å²) < 4.78 is 14.2. The standard InChI is InChI=1S/C7H10O3.C7H10O2.C2H4/c1-5(2)7(8)10-4-6-3-9-6;1-4-5-9-7(8)6(2)3;1-2/h6H,1,3-4H2,2H3;4H,1-2,5H2,3H3;1-2H2. The van der Waals surface area contributed by atoms with Gasteiger partial charge in [0.05, 0.1) is 6.61 Å². The molecule has 0 aromatic rings. The molecule has 0 saturated carbocycles. The molecule has 1 saturated heterocycles. The maximum atomic E-state index is 10.7. The van der Waals surface area contributed by atoms with Crippen LogP contribution in [0.1, 0.15) is 13.8 Å². The van der Waals surface area contributed by atoms with E-state index >= 15 is 0 Å². The van der Waals surface area contributed by atoms with E-state index < -0.39 is 0 Å². The quantitative estimate of drug-likeness (QED) is 0.326. The molecule has 1 aliphatic rings. The third-order valence-electron chi connectivity index (χ3n) is 1.83. The van der Waals surface area contributed by atoms with Crippen LogP contribution in [0.25, 0.3) is 0 Å². The summed E-state index contributed by atoms with van der Waals surface area (Å²) in [6.07, 6.45) is 1.66. The third kappa shape index (κ3) is 14.1. The summed E-state index contributed by atoms with van der Waals surface area (Å²) in [5.74, 6) is -0.703. The van der Waals surface area contributed by atoms with Gasteiger partial charge in [0.2, 0.25) is 0 Å². The lowest BCUT2D eigenvalue weighted by Gasteiger charge is -1.99. The van der Waals surface area contributed by atoms with Crippen LogP contribution in [-0.2, 0) is 23.8 Å². The van der Waals surface area contributed by atoms with Crippen molar-refractivity contribution in [2.75, 3.05) is 19.8 Å². The molecule has 0 aromatic carbocycles. The summed E-state index contributed by atoms with van der Waals surface area (Å²) in [7, 11) is 0. The summed E-state index contributed by atoms with van der Waals surface area (Å²) in [4.78, 5) is 21.2. The molecular weight excluding hydrogens is 272 g/mol. The van der Waals surface area contributed by atoms with Crippen molar-refractivity contribution < 1.29 is 23.8 Å². The first-order chi connectivity index (χ1) is 9.88. The van der Waals surface area contributed by atoms with Crippen LogP contribution in [0.15, 0.2) is 50.1 Å². The highest BCUT2D eigenvalue weighted by molar-refractivity contribution is 5.87. The van der Waals surface area contributed by atoms with Crippen LogP contribution in [0.3, 0.4) is 0 Å². The van der Waals surface area contributed by atoms with E-state index in [1.165, 1.54) is 6.08 Å². The number of esters is 2. The first kappa shape index (κ1) is 21.2. The van der Waals surface area contributed by atoms with Gasteiger partial charge >= 0.3 is 11.9 Å². The van der Waals surface area contributed by atoms with Gasteiger partial charge in [-0.1, -0.05) is 25.8 Å². The summed E-state index contributed by atoms with van der Waals surface area (Å²) in [6.45, 7) is 20.8. The normalized spacial score (nSPS) is 14.1. The van der Waals surface area contributed by atoms with Crippen molar-refractivity contribution in [1.82, 2.24) is 0 Å². The lowest BCUT2D eigenvalue weighted by atomic mass is 10.4. The van der Waals surface area contributed by atoms with Gasteiger partial charge in [-0.15, -0.1) is 13.2 Å². The first-order valence-electron chi connectivity index (χ1n) is 6.26. The number of carbonyl (C=O) groups is 2. The van der Waals surface area contributed by atoms with Crippen molar-refractivity contribution in [3.63, 3.8) is 0 Å². The van der Waals surface area contributed by atoms with Gasteiger partial charge in [-0.05, 0) is 13.8 Å². The maximum absolute atomic E-state index is 10.7. The fraction of sp³-hybridized carbons (Fsp3) is 0.375. The lowest BCUT2D eigenvalue weighted by Crippen LogP contribution is -2.09. The topological polar surface area (TPSA) is 65.1 Å². The average molecular weight is 296 g/mol. The Bertz CT molecular complexity index is 380. The van der Waals surface area contributed by atoms with E-state index in [2.05, 4.69) is 37.6 Å². The highest BCUT2D eigenvalue weighted by atomic mass is 16.6. The Labute approximate surface area is 126 Å². The second kappa shape index (κ2) is 12.9. The van der Waals surface area contributed by atoms with Crippen molar-refractivity contribution in [3.8, 4) is 0 Å². The predicted molar refractivity (Wildman–Crippen MR) is 82.7 cm³/mol. The van der Waals surface area contributed by atoms with E-state index in [1.54, 1.807) is 13.8 Å². The van der Waals surface area contributed by atoms with Crippen molar-refractivity contribution in [2.24, 2.45) is 0 Å². The van der Waals surface area contributed by atoms with Gasteiger partial charge in [-0.3, -0.25) is 0 Å². The molecule has 1 unspecified atom stereocenters. The number of rotatable bonds is 6. The molecule has 5 heteroatoms. The Balaban J connectivity index is 0. The molecule has 0 aliphatic carbocycles. The molecule has 0 spiro atoms. The zero-order valence-corrected chi connectivity index (χ0v) is 12.9. The highest BCUT2D eigenvalue weighted by Crippen LogP contribution is 2.09. The number of hydrogen-bond donors (Lipinski definition) is 0. The number of epoxide rings is 1. The molecule has 0 aromatic heterocycles. The Kier molecular flexibility index (Phi) is 13.0. The van der Waals surface area contributed by atoms with Gasteiger partial charge in [-0.2, -0.15) is 0 Å². The van der Waals surface area contributed by atoms with E-state index in [4.69, 9.17) is 9.47 Å². The molecule has 0 bridgehead atoms. The molecule has 1 heterocycles. The van der Waals surface area contributed by atoms with E-state index in [1.807, 2.05) is 0 Å². The minimum Gasteiger partial charge on any atom is -0.459 e. The monoisotopic (exact) mass is 296 g/mol. The SMILES string of the molecule is C=C.C=C(C)C(=O)OCC1CO1.C=CCOC(=O)C(=C)C. The van der Waals surface area contributed by atoms with Gasteiger partial charge in [0.25, 0.3) is 0 Å². The van der Waals surface area contributed by atoms with Crippen LogP contribution in [0, 0.1) is 0 Å². The van der Waals surface area contributed by atoms with Gasteiger partial charge in [0.15, 0.2) is 0 Å². The Morgan fingerprint density at radius 2 is 1.57 bits per heavy atom. The molecule has 0 radical (unpaired) electrons. The molecule has 118 valence electrons. The fourth-order valence-corrected chi connectivity index (χ4v) is 0.714. The van der Waals surface area contributed by atoms with Crippen LogP contribution in [0.2, 0.25) is 0 Å². The zero-order chi connectivity index (χ0) is 16.8. The molecule has 1 atom stereocenters. The van der Waals surface area contributed by atoms with E-state index in [0.717, 1.165) is 0 Å². The summed E-state index contributed by atoms with van der Waals surface area (Å²) >= 11 is 0. The van der Waals surface area contributed by atoms with Crippen LogP contribution < -0.4 is 0 Å². The smallest absolute Gasteiger partial charge is 0.333 e. The molecular formula is C16H24O5. The second-order valence-electron chi connectivity index (χ2n) is 4.00. The van der Waals surface area contributed by atoms with Gasteiger partial charge in [-0.25, -0.2) is 9.59 Å². The summed E-state index contributed by atoms with van der Waals surface area (Å²) in [5, 5.41) is 0. The molecule has 0 N–H and O–H groups in total. The molecule has 21 heavy (non-hydrogen) atoms. The number of carbonyl (C=O) groups excluding carboxylic acids is 2. The maximum Gasteiger partial charge on any atom is 0.333 e. The molecule has 1 fully saturated rings. The predicted octanol–water partition coefficient (Wildman–Crippen LogP) is 2.60. The molecule has 1 rings (SSSR count). The summed E-state index contributed by atoms with van der Waals surface area (Å²) in [6, 6.07) is 0. The second-order valence-corrected chi connectivity index (χ2v) is 4.00. The van der Waals surface area contributed by atoms with Crippen molar-refractivity contribution in [1.29, 1.82) is 0 Å². The fourth-order valence-electron chi connectivity index (χ4n) is 0.714. The van der Waals surface area contributed by atoms with Crippen LogP contribution in [0.5, 0.6) is 0 Å². The van der Waals surface area contributed by atoms with Crippen molar-refractivity contribution >= 4 is 11.9 Å². The van der Waals surface area contributed by atoms with Gasteiger partial charge in [0, 0.05) is 11.1 Å². The number of ether oxygens (including phenoxy) is 3. The Morgan fingerprint density at radius 3 is 1.90 bits per heavy atom. The van der Waals surface area contributed by atoms with Crippen LogP contribution >= 0.6 is 0 Å². The van der Waals surface area contributed by atoms with E-state index in [0.29, 0.717) is 24.4 Å². The molecule has 0 amide bonds. The largest absolute Gasteiger partial charge is 0.459 e. The van der Waals surface area contributed by atoms with E-state index in [9.17, 15) is 9.59 Å². The third-order valence-corrected chi connectivity index (χ3v) is 1.83.